The van der Waals surface area contributed by atoms with E-state index in [0.717, 1.165) is 16.3 Å². The van der Waals surface area contributed by atoms with E-state index in [1.54, 1.807) is 0 Å². The summed E-state index contributed by atoms with van der Waals surface area (Å²) in [5.41, 5.74) is 6.17. The summed E-state index contributed by atoms with van der Waals surface area (Å²) >= 11 is 1.18. The standard InChI is InChI=1S/C15H12N4OS/c16-14(17)19-15-18-13(20)12(21-15)8-10-6-3-5-9-4-1-2-7-11(9)10/h1-8H,(H4,16,17,18,19,20)/b12-8+. The Morgan fingerprint density at radius 3 is 2.81 bits per heavy atom. The fourth-order valence-electron chi connectivity index (χ4n) is 2.11. The Labute approximate surface area is 125 Å². The Balaban J connectivity index is 2.01. The van der Waals surface area contributed by atoms with E-state index in [4.69, 9.17) is 11.1 Å². The van der Waals surface area contributed by atoms with E-state index in [1.807, 2.05) is 48.5 Å². The summed E-state index contributed by atoms with van der Waals surface area (Å²) in [6.45, 7) is 0. The largest absolute Gasteiger partial charge is 0.368 e. The zero-order chi connectivity index (χ0) is 14.8. The highest BCUT2D eigenvalue weighted by atomic mass is 32.2. The van der Waals surface area contributed by atoms with E-state index >= 15 is 0 Å². The summed E-state index contributed by atoms with van der Waals surface area (Å²) < 4.78 is 0. The van der Waals surface area contributed by atoms with Gasteiger partial charge in [-0.2, -0.15) is 4.99 Å². The third-order valence-electron chi connectivity index (χ3n) is 2.98. The van der Waals surface area contributed by atoms with Gasteiger partial charge in [-0.25, -0.2) is 0 Å². The van der Waals surface area contributed by atoms with Crippen LogP contribution in [0.2, 0.25) is 0 Å². The lowest BCUT2D eigenvalue weighted by molar-refractivity contribution is -0.115. The van der Waals surface area contributed by atoms with Gasteiger partial charge in [0.1, 0.15) is 0 Å². The number of fused-ring (bicyclic) bond motifs is 1. The normalized spacial score (nSPS) is 18.4. The summed E-state index contributed by atoms with van der Waals surface area (Å²) in [5.74, 6) is -0.558. The first-order valence-corrected chi connectivity index (χ1v) is 7.06. The first-order chi connectivity index (χ1) is 10.1. The van der Waals surface area contributed by atoms with Gasteiger partial charge in [-0.05, 0) is 34.2 Å². The van der Waals surface area contributed by atoms with Crippen LogP contribution < -0.4 is 11.1 Å². The molecular formula is C15H12N4OS. The molecule has 104 valence electrons. The molecule has 3 rings (SSSR count). The molecule has 0 spiro atoms. The predicted octanol–water partition coefficient (Wildman–Crippen LogP) is 2.29. The van der Waals surface area contributed by atoms with Gasteiger partial charge in [-0.1, -0.05) is 42.5 Å². The fraction of sp³-hybridized carbons (Fsp3) is 0. The van der Waals surface area contributed by atoms with Gasteiger partial charge in [0.05, 0.1) is 4.91 Å². The van der Waals surface area contributed by atoms with E-state index in [9.17, 15) is 4.79 Å². The van der Waals surface area contributed by atoms with Crippen molar-refractivity contribution in [1.29, 1.82) is 5.41 Å². The molecule has 1 saturated heterocycles. The van der Waals surface area contributed by atoms with E-state index in [-0.39, 0.29) is 11.9 Å². The summed E-state index contributed by atoms with van der Waals surface area (Å²) in [7, 11) is 0. The number of thioether (sulfide) groups is 1. The molecule has 0 bridgehead atoms. The highest BCUT2D eigenvalue weighted by molar-refractivity contribution is 8.18. The SMILES string of the molecule is N=C(N)N=C1NC(=O)/C(=C\c2cccc3ccccc23)S1. The Morgan fingerprint density at radius 1 is 1.24 bits per heavy atom. The number of aliphatic imine (C=N–C) groups is 1. The van der Waals surface area contributed by atoms with Crippen molar-refractivity contribution in [2.45, 2.75) is 0 Å². The number of hydrogen-bond donors (Lipinski definition) is 3. The zero-order valence-electron chi connectivity index (χ0n) is 11.0. The number of amides is 1. The molecule has 6 heteroatoms. The number of amidine groups is 1. The maximum atomic E-state index is 11.9. The van der Waals surface area contributed by atoms with Crippen molar-refractivity contribution in [2.75, 3.05) is 0 Å². The van der Waals surface area contributed by atoms with Crippen LogP contribution in [0.1, 0.15) is 5.56 Å². The number of guanidine groups is 1. The van der Waals surface area contributed by atoms with Crippen LogP contribution in [0.3, 0.4) is 0 Å². The Bertz CT molecular complexity index is 805. The molecule has 0 unspecified atom stereocenters. The molecule has 1 fully saturated rings. The molecule has 0 saturated carbocycles. The van der Waals surface area contributed by atoms with Gasteiger partial charge in [-0.3, -0.25) is 10.2 Å². The molecule has 0 atom stereocenters. The minimum atomic E-state index is -0.329. The molecular weight excluding hydrogens is 284 g/mol. The molecule has 1 amide bonds. The quantitative estimate of drug-likeness (QED) is 0.428. The summed E-state index contributed by atoms with van der Waals surface area (Å²) in [6, 6.07) is 13.9. The number of nitrogens with zero attached hydrogens (tertiary/aromatic N) is 1. The first kappa shape index (κ1) is 13.4. The van der Waals surface area contributed by atoms with Gasteiger partial charge in [0.2, 0.25) is 5.96 Å². The molecule has 21 heavy (non-hydrogen) atoms. The van der Waals surface area contributed by atoms with Gasteiger partial charge < -0.3 is 11.1 Å². The van der Waals surface area contributed by atoms with Crippen LogP contribution in [0.4, 0.5) is 0 Å². The maximum absolute atomic E-state index is 11.9. The van der Waals surface area contributed by atoms with Crippen LogP contribution in [0.5, 0.6) is 0 Å². The van der Waals surface area contributed by atoms with E-state index in [2.05, 4.69) is 10.3 Å². The minimum absolute atomic E-state index is 0.229. The molecule has 1 aliphatic rings. The fourth-order valence-corrected chi connectivity index (χ4v) is 2.93. The molecule has 0 aliphatic carbocycles. The van der Waals surface area contributed by atoms with Crippen LogP contribution in [-0.2, 0) is 4.79 Å². The van der Waals surface area contributed by atoms with Crippen molar-refractivity contribution in [3.8, 4) is 0 Å². The second-order valence-electron chi connectivity index (χ2n) is 4.44. The number of nitrogens with two attached hydrogens (primary N) is 1. The van der Waals surface area contributed by atoms with Gasteiger partial charge in [0.25, 0.3) is 5.91 Å². The van der Waals surface area contributed by atoms with Crippen LogP contribution in [0.25, 0.3) is 16.8 Å². The molecule has 0 aromatic heterocycles. The van der Waals surface area contributed by atoms with Gasteiger partial charge in [0.15, 0.2) is 5.17 Å². The van der Waals surface area contributed by atoms with Crippen molar-refractivity contribution in [3.63, 3.8) is 0 Å². The van der Waals surface area contributed by atoms with Crippen molar-refractivity contribution in [1.82, 2.24) is 5.32 Å². The second-order valence-corrected chi connectivity index (χ2v) is 5.47. The Hall–Kier alpha value is -2.60. The van der Waals surface area contributed by atoms with E-state index < -0.39 is 0 Å². The lowest BCUT2D eigenvalue weighted by atomic mass is 10.0. The molecule has 0 radical (unpaired) electrons. The van der Waals surface area contributed by atoms with Crippen LogP contribution in [-0.4, -0.2) is 17.0 Å². The average Bonchev–Trinajstić information content (AvgIpc) is 2.78. The lowest BCUT2D eigenvalue weighted by Crippen LogP contribution is -2.22. The highest BCUT2D eigenvalue weighted by Crippen LogP contribution is 2.28. The second kappa shape index (κ2) is 5.41. The maximum Gasteiger partial charge on any atom is 0.264 e. The summed E-state index contributed by atoms with van der Waals surface area (Å²) in [4.78, 5) is 16.2. The minimum Gasteiger partial charge on any atom is -0.368 e. The number of nitrogens with one attached hydrogen (secondary N) is 2. The third-order valence-corrected chi connectivity index (χ3v) is 3.89. The van der Waals surface area contributed by atoms with Gasteiger partial charge >= 0.3 is 0 Å². The van der Waals surface area contributed by atoms with Crippen molar-refractivity contribution < 1.29 is 4.79 Å². The number of carbonyl (C=O) groups is 1. The summed E-state index contributed by atoms with van der Waals surface area (Å²) in [6.07, 6.45) is 1.82. The first-order valence-electron chi connectivity index (χ1n) is 6.25. The van der Waals surface area contributed by atoms with Crippen molar-refractivity contribution in [2.24, 2.45) is 10.7 Å². The lowest BCUT2D eigenvalue weighted by Gasteiger charge is -2.02. The zero-order valence-corrected chi connectivity index (χ0v) is 11.8. The molecule has 2 aromatic carbocycles. The molecule has 5 nitrogen and oxygen atoms in total. The van der Waals surface area contributed by atoms with E-state index in [1.165, 1.54) is 11.8 Å². The van der Waals surface area contributed by atoms with E-state index in [0.29, 0.717) is 10.1 Å². The highest BCUT2D eigenvalue weighted by Gasteiger charge is 2.24. The Morgan fingerprint density at radius 2 is 2.00 bits per heavy atom. The van der Waals surface area contributed by atoms with Crippen LogP contribution >= 0.6 is 11.8 Å². The number of carbonyl (C=O) groups excluding carboxylic acids is 1. The molecule has 2 aromatic rings. The Kier molecular flexibility index (Phi) is 3.45. The molecule has 1 aliphatic heterocycles. The third kappa shape index (κ3) is 2.80. The van der Waals surface area contributed by atoms with Crippen molar-refractivity contribution >= 4 is 45.6 Å². The molecule has 1 heterocycles. The molecule has 4 N–H and O–H groups in total. The van der Waals surface area contributed by atoms with Gasteiger partial charge in [-0.15, -0.1) is 0 Å². The number of hydrogen-bond acceptors (Lipinski definition) is 3. The predicted molar refractivity (Wildman–Crippen MR) is 87.0 cm³/mol. The van der Waals surface area contributed by atoms with Crippen molar-refractivity contribution in [3.05, 3.63) is 52.9 Å². The average molecular weight is 296 g/mol. The monoisotopic (exact) mass is 296 g/mol. The van der Waals surface area contributed by atoms with Crippen LogP contribution in [0, 0.1) is 5.41 Å². The topological polar surface area (TPSA) is 91.3 Å². The number of benzene rings is 2. The number of rotatable bonds is 1. The van der Waals surface area contributed by atoms with Gasteiger partial charge in [0, 0.05) is 0 Å². The summed E-state index contributed by atoms with van der Waals surface area (Å²) in [5, 5.41) is 12.2. The smallest absolute Gasteiger partial charge is 0.264 e. The van der Waals surface area contributed by atoms with Crippen LogP contribution in [0.15, 0.2) is 52.4 Å².